The van der Waals surface area contributed by atoms with Gasteiger partial charge in [-0.3, -0.25) is 0 Å². The zero-order valence-corrected chi connectivity index (χ0v) is 20.6. The summed E-state index contributed by atoms with van der Waals surface area (Å²) in [6, 6.07) is 14.3. The molecule has 0 radical (unpaired) electrons. The Kier molecular flexibility index (Phi) is 6.16. The molecule has 0 spiro atoms. The Morgan fingerprint density at radius 1 is 1.03 bits per heavy atom. The number of fused-ring (bicyclic) bond motifs is 1. The third-order valence-electron chi connectivity index (χ3n) is 6.28. The minimum Gasteiger partial charge on any atom is -0.316 e. The highest BCUT2D eigenvalue weighted by molar-refractivity contribution is 9.10. The van der Waals surface area contributed by atoms with Crippen molar-refractivity contribution in [2.75, 3.05) is 13.1 Å². The van der Waals surface area contributed by atoms with E-state index in [1.54, 1.807) is 28.2 Å². The minimum absolute atomic E-state index is 0.363. The smallest absolute Gasteiger partial charge is 0.243 e. The maximum Gasteiger partial charge on any atom is 0.243 e. The van der Waals surface area contributed by atoms with Crippen LogP contribution in [0.3, 0.4) is 0 Å². The van der Waals surface area contributed by atoms with E-state index in [9.17, 15) is 8.42 Å². The lowest BCUT2D eigenvalue weighted by molar-refractivity contribution is 0.477. The molecule has 2 heterocycles. The van der Waals surface area contributed by atoms with Gasteiger partial charge in [0.2, 0.25) is 10.0 Å². The molecular formula is C23H26BrN3O2S2. The van der Waals surface area contributed by atoms with Gasteiger partial charge in [-0.1, -0.05) is 52.7 Å². The molecule has 2 aromatic carbocycles. The molecule has 164 valence electrons. The SMILES string of the molecule is O=S(=O)(c1ccc2c(c1)nc(SCc1cccc(Br)c1)n2C1CCCC1)N1CCCC1. The van der Waals surface area contributed by atoms with Crippen LogP contribution in [0.1, 0.15) is 50.1 Å². The number of rotatable bonds is 6. The van der Waals surface area contributed by atoms with Gasteiger partial charge < -0.3 is 4.57 Å². The number of imidazole rings is 1. The second kappa shape index (κ2) is 8.89. The van der Waals surface area contributed by atoms with Crippen LogP contribution in [0.15, 0.2) is 57.0 Å². The van der Waals surface area contributed by atoms with Crippen LogP contribution in [-0.4, -0.2) is 35.4 Å². The number of nitrogens with zero attached hydrogens (tertiary/aromatic N) is 3. The van der Waals surface area contributed by atoms with Gasteiger partial charge in [-0.2, -0.15) is 4.31 Å². The molecule has 5 nitrogen and oxygen atoms in total. The molecule has 1 saturated carbocycles. The van der Waals surface area contributed by atoms with Crippen LogP contribution in [-0.2, 0) is 15.8 Å². The summed E-state index contributed by atoms with van der Waals surface area (Å²) in [5, 5.41) is 0.984. The van der Waals surface area contributed by atoms with E-state index < -0.39 is 10.0 Å². The highest BCUT2D eigenvalue weighted by Gasteiger charge is 2.29. The summed E-state index contributed by atoms with van der Waals surface area (Å²) in [6.45, 7) is 1.23. The molecule has 8 heteroatoms. The summed E-state index contributed by atoms with van der Waals surface area (Å²) in [6.07, 6.45) is 6.67. The van der Waals surface area contributed by atoms with Crippen LogP contribution in [0, 0.1) is 0 Å². The lowest BCUT2D eigenvalue weighted by Gasteiger charge is -2.17. The second-order valence-electron chi connectivity index (χ2n) is 8.38. The largest absolute Gasteiger partial charge is 0.316 e. The fourth-order valence-corrected chi connectivity index (χ4v) is 7.70. The number of sulfonamides is 1. The quantitative estimate of drug-likeness (QED) is 0.375. The van der Waals surface area contributed by atoms with Crippen molar-refractivity contribution in [3.63, 3.8) is 0 Å². The summed E-state index contributed by atoms with van der Waals surface area (Å²) in [5.74, 6) is 0.828. The number of hydrogen-bond acceptors (Lipinski definition) is 4. The average molecular weight is 521 g/mol. The van der Waals surface area contributed by atoms with Crippen molar-refractivity contribution in [1.82, 2.24) is 13.9 Å². The molecule has 0 unspecified atom stereocenters. The fourth-order valence-electron chi connectivity index (χ4n) is 4.69. The number of benzene rings is 2. The summed E-state index contributed by atoms with van der Waals surface area (Å²) >= 11 is 5.28. The second-order valence-corrected chi connectivity index (χ2v) is 12.2. The van der Waals surface area contributed by atoms with Crippen molar-refractivity contribution in [2.24, 2.45) is 0 Å². The van der Waals surface area contributed by atoms with Gasteiger partial charge in [0.1, 0.15) is 0 Å². The zero-order chi connectivity index (χ0) is 21.4. The molecule has 3 aromatic rings. The van der Waals surface area contributed by atoms with Crippen LogP contribution in [0.2, 0.25) is 0 Å². The molecule has 0 atom stereocenters. The van der Waals surface area contributed by atoms with E-state index in [2.05, 4.69) is 38.7 Å². The molecule has 1 aliphatic carbocycles. The van der Waals surface area contributed by atoms with Gasteiger partial charge in [-0.05, 0) is 61.6 Å². The maximum atomic E-state index is 13.1. The third-order valence-corrected chi connectivity index (χ3v) is 9.69. The van der Waals surface area contributed by atoms with Gasteiger partial charge in [-0.25, -0.2) is 13.4 Å². The number of hydrogen-bond donors (Lipinski definition) is 0. The number of halogens is 1. The highest BCUT2D eigenvalue weighted by Crippen LogP contribution is 2.38. The number of thioether (sulfide) groups is 1. The molecule has 0 N–H and O–H groups in total. The Balaban J connectivity index is 1.51. The van der Waals surface area contributed by atoms with Crippen LogP contribution in [0.25, 0.3) is 11.0 Å². The van der Waals surface area contributed by atoms with E-state index in [0.717, 1.165) is 52.1 Å². The molecule has 0 amide bonds. The predicted molar refractivity (Wildman–Crippen MR) is 129 cm³/mol. The van der Waals surface area contributed by atoms with Crippen molar-refractivity contribution in [3.8, 4) is 0 Å². The molecule has 1 aliphatic heterocycles. The predicted octanol–water partition coefficient (Wildman–Crippen LogP) is 5.99. The Morgan fingerprint density at radius 3 is 2.55 bits per heavy atom. The fraction of sp³-hybridized carbons (Fsp3) is 0.435. The van der Waals surface area contributed by atoms with Crippen molar-refractivity contribution >= 4 is 48.7 Å². The van der Waals surface area contributed by atoms with Crippen LogP contribution in [0.4, 0.5) is 0 Å². The van der Waals surface area contributed by atoms with E-state index >= 15 is 0 Å². The van der Waals surface area contributed by atoms with Gasteiger partial charge in [0, 0.05) is 29.4 Å². The summed E-state index contributed by atoms with van der Waals surface area (Å²) in [7, 11) is -3.44. The van der Waals surface area contributed by atoms with Crippen molar-refractivity contribution < 1.29 is 8.42 Å². The molecular weight excluding hydrogens is 494 g/mol. The van der Waals surface area contributed by atoms with Gasteiger partial charge in [-0.15, -0.1) is 0 Å². The van der Waals surface area contributed by atoms with E-state index in [-0.39, 0.29) is 0 Å². The normalized spacial score (nSPS) is 18.4. The Hall–Kier alpha value is -1.35. The van der Waals surface area contributed by atoms with Crippen molar-refractivity contribution in [1.29, 1.82) is 0 Å². The monoisotopic (exact) mass is 519 g/mol. The lowest BCUT2D eigenvalue weighted by Crippen LogP contribution is -2.27. The highest BCUT2D eigenvalue weighted by atomic mass is 79.9. The van der Waals surface area contributed by atoms with Crippen molar-refractivity contribution in [3.05, 3.63) is 52.5 Å². The van der Waals surface area contributed by atoms with E-state index in [0.29, 0.717) is 24.0 Å². The maximum absolute atomic E-state index is 13.1. The van der Waals surface area contributed by atoms with Gasteiger partial charge in [0.25, 0.3) is 0 Å². The Labute approximate surface area is 196 Å². The molecule has 5 rings (SSSR count). The Bertz CT molecular complexity index is 1200. The first-order valence-electron chi connectivity index (χ1n) is 10.9. The molecule has 0 bridgehead atoms. The van der Waals surface area contributed by atoms with E-state index in [4.69, 9.17) is 4.98 Å². The van der Waals surface area contributed by atoms with Gasteiger partial charge in [0.05, 0.1) is 15.9 Å². The average Bonchev–Trinajstić information content (AvgIpc) is 3.52. The zero-order valence-electron chi connectivity index (χ0n) is 17.3. The molecule has 2 fully saturated rings. The summed E-state index contributed by atoms with van der Waals surface area (Å²) in [4.78, 5) is 5.29. The first-order chi connectivity index (χ1) is 15.0. The third kappa shape index (κ3) is 4.32. The van der Waals surface area contributed by atoms with Crippen LogP contribution in [0.5, 0.6) is 0 Å². The van der Waals surface area contributed by atoms with Crippen molar-refractivity contribution in [2.45, 2.75) is 60.4 Å². The minimum atomic E-state index is -3.44. The van der Waals surface area contributed by atoms with Crippen LogP contribution < -0.4 is 0 Å². The van der Waals surface area contributed by atoms with E-state index in [1.165, 1.54) is 18.4 Å². The van der Waals surface area contributed by atoms with Gasteiger partial charge >= 0.3 is 0 Å². The summed E-state index contributed by atoms with van der Waals surface area (Å²) in [5.41, 5.74) is 3.06. The number of aromatic nitrogens is 2. The molecule has 2 aliphatic rings. The first kappa shape index (κ1) is 21.5. The topological polar surface area (TPSA) is 55.2 Å². The Morgan fingerprint density at radius 2 is 1.81 bits per heavy atom. The van der Waals surface area contributed by atoms with Gasteiger partial charge in [0.15, 0.2) is 5.16 Å². The standard InChI is InChI=1S/C23H26BrN3O2S2/c24-18-7-5-6-17(14-18)16-30-23-25-21-15-20(31(28,29)26-12-3-4-13-26)10-11-22(21)27(23)19-8-1-2-9-19/h5-7,10-11,14-15,19H,1-4,8-9,12-13,16H2. The molecule has 1 aromatic heterocycles. The van der Waals surface area contributed by atoms with E-state index in [1.807, 2.05) is 12.1 Å². The first-order valence-corrected chi connectivity index (χ1v) is 14.1. The molecule has 1 saturated heterocycles. The summed E-state index contributed by atoms with van der Waals surface area (Å²) < 4.78 is 31.1. The lowest BCUT2D eigenvalue weighted by atomic mass is 10.2. The molecule has 31 heavy (non-hydrogen) atoms. The van der Waals surface area contributed by atoms with Crippen LogP contribution >= 0.6 is 27.7 Å².